The maximum Gasteiger partial charge on any atom is 0.127 e. The first-order chi connectivity index (χ1) is 9.86. The third kappa shape index (κ3) is 3.97. The highest BCUT2D eigenvalue weighted by Gasteiger charge is 2.20. The molecule has 0 spiro atoms. The summed E-state index contributed by atoms with van der Waals surface area (Å²) in [6.07, 6.45) is 4.44. The molecule has 1 aliphatic rings. The van der Waals surface area contributed by atoms with Crippen LogP contribution >= 0.6 is 0 Å². The molecule has 0 saturated heterocycles. The van der Waals surface area contributed by atoms with Crippen molar-refractivity contribution < 1.29 is 9.47 Å². The number of rotatable bonds is 8. The molecule has 0 aliphatic carbocycles. The van der Waals surface area contributed by atoms with E-state index in [0.717, 1.165) is 57.8 Å². The van der Waals surface area contributed by atoms with Crippen LogP contribution in [0.2, 0.25) is 0 Å². The van der Waals surface area contributed by atoms with E-state index in [1.54, 1.807) is 0 Å². The van der Waals surface area contributed by atoms with E-state index in [-0.39, 0.29) is 0 Å². The van der Waals surface area contributed by atoms with Crippen LogP contribution in [0.3, 0.4) is 0 Å². The molecule has 112 valence electrons. The number of fused-ring (bicyclic) bond motifs is 1. The molecule has 3 nitrogen and oxygen atoms in total. The first-order valence-electron chi connectivity index (χ1n) is 7.92. The number of nitrogens with one attached hydrogen (secondary N) is 1. The number of para-hydroxylation sites is 1. The predicted octanol–water partition coefficient (Wildman–Crippen LogP) is 3.48. The normalized spacial score (nSPS) is 15.5. The molecular formula is C17H27NO2. The Morgan fingerprint density at radius 3 is 3.05 bits per heavy atom. The molecule has 1 aliphatic heterocycles. The average Bonchev–Trinajstić information content (AvgIpc) is 2.50. The van der Waals surface area contributed by atoms with Crippen LogP contribution in [0.1, 0.15) is 50.3 Å². The zero-order valence-corrected chi connectivity index (χ0v) is 12.8. The lowest BCUT2D eigenvalue weighted by atomic mass is 9.95. The minimum atomic E-state index is 0.369. The molecule has 0 saturated carbocycles. The van der Waals surface area contributed by atoms with Crippen LogP contribution in [-0.2, 0) is 11.2 Å². The molecule has 0 bridgehead atoms. The van der Waals surface area contributed by atoms with Crippen molar-refractivity contribution in [3.8, 4) is 5.75 Å². The molecular weight excluding hydrogens is 250 g/mol. The Bertz CT molecular complexity index is 406. The Hall–Kier alpha value is -1.06. The highest BCUT2D eigenvalue weighted by Crippen LogP contribution is 2.34. The summed E-state index contributed by atoms with van der Waals surface area (Å²) in [5.74, 6) is 1.13. The van der Waals surface area contributed by atoms with Crippen molar-refractivity contribution in [3.63, 3.8) is 0 Å². The van der Waals surface area contributed by atoms with E-state index in [1.165, 1.54) is 11.1 Å². The van der Waals surface area contributed by atoms with Gasteiger partial charge in [-0.05, 0) is 44.7 Å². The third-order valence-corrected chi connectivity index (χ3v) is 3.78. The van der Waals surface area contributed by atoms with Crippen molar-refractivity contribution >= 4 is 0 Å². The van der Waals surface area contributed by atoms with Gasteiger partial charge in [0, 0.05) is 24.8 Å². The Labute approximate surface area is 122 Å². The van der Waals surface area contributed by atoms with Gasteiger partial charge in [-0.25, -0.2) is 0 Å². The zero-order chi connectivity index (χ0) is 14.2. The van der Waals surface area contributed by atoms with E-state index >= 15 is 0 Å². The summed E-state index contributed by atoms with van der Waals surface area (Å²) in [5, 5.41) is 3.59. The van der Waals surface area contributed by atoms with Gasteiger partial charge >= 0.3 is 0 Å². The molecule has 3 heteroatoms. The van der Waals surface area contributed by atoms with Gasteiger partial charge in [-0.1, -0.05) is 25.1 Å². The van der Waals surface area contributed by atoms with Gasteiger partial charge in [-0.2, -0.15) is 0 Å². The minimum Gasteiger partial charge on any atom is -0.493 e. The first-order valence-corrected chi connectivity index (χ1v) is 7.92. The summed E-state index contributed by atoms with van der Waals surface area (Å²) < 4.78 is 11.4. The topological polar surface area (TPSA) is 30.5 Å². The predicted molar refractivity (Wildman–Crippen MR) is 82.4 cm³/mol. The largest absolute Gasteiger partial charge is 0.493 e. The monoisotopic (exact) mass is 277 g/mol. The molecule has 0 fully saturated rings. The fraction of sp³-hybridized carbons (Fsp3) is 0.647. The van der Waals surface area contributed by atoms with Crippen molar-refractivity contribution in [2.45, 2.75) is 45.6 Å². The molecule has 1 aromatic rings. The van der Waals surface area contributed by atoms with E-state index in [2.05, 4.69) is 30.4 Å². The highest BCUT2D eigenvalue weighted by molar-refractivity contribution is 5.44. The molecule has 2 rings (SSSR count). The molecule has 0 amide bonds. The van der Waals surface area contributed by atoms with E-state index in [1.807, 2.05) is 6.92 Å². The Balaban J connectivity index is 2.08. The smallest absolute Gasteiger partial charge is 0.127 e. The van der Waals surface area contributed by atoms with Gasteiger partial charge in [0.25, 0.3) is 0 Å². The van der Waals surface area contributed by atoms with Gasteiger partial charge in [0.1, 0.15) is 5.75 Å². The van der Waals surface area contributed by atoms with Gasteiger partial charge < -0.3 is 14.8 Å². The average molecular weight is 277 g/mol. The number of aryl methyl sites for hydroxylation is 1. The highest BCUT2D eigenvalue weighted by atomic mass is 16.5. The molecule has 1 aromatic carbocycles. The molecule has 1 atom stereocenters. The maximum absolute atomic E-state index is 5.94. The SMILES string of the molecule is CCNC(CCCOCC)c1cccc2c1OCCC2. The quantitative estimate of drug-likeness (QED) is 0.738. The lowest BCUT2D eigenvalue weighted by Gasteiger charge is -2.25. The molecule has 1 N–H and O–H groups in total. The second kappa shape index (κ2) is 8.28. The Morgan fingerprint density at radius 2 is 2.25 bits per heavy atom. The third-order valence-electron chi connectivity index (χ3n) is 3.78. The summed E-state index contributed by atoms with van der Waals surface area (Å²) in [6.45, 7) is 7.67. The van der Waals surface area contributed by atoms with Crippen molar-refractivity contribution in [1.29, 1.82) is 0 Å². The van der Waals surface area contributed by atoms with Gasteiger partial charge in [0.05, 0.1) is 6.61 Å². The van der Waals surface area contributed by atoms with Crippen molar-refractivity contribution in [1.82, 2.24) is 5.32 Å². The number of hydrogen-bond acceptors (Lipinski definition) is 3. The molecule has 1 heterocycles. The molecule has 20 heavy (non-hydrogen) atoms. The molecule has 0 aromatic heterocycles. The van der Waals surface area contributed by atoms with Crippen molar-refractivity contribution in [2.24, 2.45) is 0 Å². The fourth-order valence-corrected chi connectivity index (χ4v) is 2.84. The van der Waals surface area contributed by atoms with E-state index in [4.69, 9.17) is 9.47 Å². The van der Waals surface area contributed by atoms with E-state index in [0.29, 0.717) is 6.04 Å². The molecule has 1 unspecified atom stereocenters. The van der Waals surface area contributed by atoms with E-state index in [9.17, 15) is 0 Å². The second-order valence-corrected chi connectivity index (χ2v) is 5.24. The Kier molecular flexibility index (Phi) is 6.34. The van der Waals surface area contributed by atoms with Crippen LogP contribution < -0.4 is 10.1 Å². The lowest BCUT2D eigenvalue weighted by molar-refractivity contribution is 0.140. The summed E-state index contributed by atoms with van der Waals surface area (Å²) >= 11 is 0. The van der Waals surface area contributed by atoms with Crippen LogP contribution in [-0.4, -0.2) is 26.4 Å². The Morgan fingerprint density at radius 1 is 1.35 bits per heavy atom. The van der Waals surface area contributed by atoms with Gasteiger partial charge in [0.15, 0.2) is 0 Å². The second-order valence-electron chi connectivity index (χ2n) is 5.24. The van der Waals surface area contributed by atoms with Crippen molar-refractivity contribution in [3.05, 3.63) is 29.3 Å². The minimum absolute atomic E-state index is 0.369. The standard InChI is InChI=1S/C17H27NO2/c1-3-18-16(11-7-12-19-4-2)15-10-5-8-14-9-6-13-20-17(14)15/h5,8,10,16,18H,3-4,6-7,9,11-13H2,1-2H3. The molecule has 0 radical (unpaired) electrons. The van der Waals surface area contributed by atoms with Crippen molar-refractivity contribution in [2.75, 3.05) is 26.4 Å². The van der Waals surface area contributed by atoms with Gasteiger partial charge in [-0.15, -0.1) is 0 Å². The summed E-state index contributed by atoms with van der Waals surface area (Å²) in [7, 11) is 0. The summed E-state index contributed by atoms with van der Waals surface area (Å²) in [6, 6.07) is 6.93. The van der Waals surface area contributed by atoms with Crippen LogP contribution in [0.25, 0.3) is 0 Å². The summed E-state index contributed by atoms with van der Waals surface area (Å²) in [5.41, 5.74) is 2.68. The van der Waals surface area contributed by atoms with Crippen LogP contribution in [0.15, 0.2) is 18.2 Å². The van der Waals surface area contributed by atoms with E-state index < -0.39 is 0 Å². The maximum atomic E-state index is 5.94. The number of benzene rings is 1. The zero-order valence-electron chi connectivity index (χ0n) is 12.8. The van der Waals surface area contributed by atoms with Crippen LogP contribution in [0.4, 0.5) is 0 Å². The van der Waals surface area contributed by atoms with Crippen LogP contribution in [0, 0.1) is 0 Å². The summed E-state index contributed by atoms with van der Waals surface area (Å²) in [4.78, 5) is 0. The lowest BCUT2D eigenvalue weighted by Crippen LogP contribution is -2.23. The van der Waals surface area contributed by atoms with Gasteiger partial charge in [-0.3, -0.25) is 0 Å². The number of hydrogen-bond donors (Lipinski definition) is 1. The number of ether oxygens (including phenoxy) is 2. The van der Waals surface area contributed by atoms with Crippen LogP contribution in [0.5, 0.6) is 5.75 Å². The fourth-order valence-electron chi connectivity index (χ4n) is 2.84. The van der Waals surface area contributed by atoms with Gasteiger partial charge in [0.2, 0.25) is 0 Å². The first kappa shape index (κ1) is 15.3.